The molecule has 184 valence electrons. The molecule has 2 unspecified atom stereocenters. The van der Waals surface area contributed by atoms with Gasteiger partial charge in [0.05, 0.1) is 19.3 Å². The SMILES string of the molecule is O=C(NC[C@H]1CCO[C@H]1C(=O)NC1COCC1C(=O)O)OCC1c2ccccc2-c2ccccc21. The van der Waals surface area contributed by atoms with E-state index in [0.29, 0.717) is 13.0 Å². The van der Waals surface area contributed by atoms with E-state index in [-0.39, 0.29) is 44.1 Å². The summed E-state index contributed by atoms with van der Waals surface area (Å²) in [5, 5.41) is 14.8. The lowest BCUT2D eigenvalue weighted by atomic mass is 9.98. The Morgan fingerprint density at radius 2 is 1.69 bits per heavy atom. The fourth-order valence-corrected chi connectivity index (χ4v) is 5.20. The summed E-state index contributed by atoms with van der Waals surface area (Å²) in [6.07, 6.45) is -0.711. The Hall–Kier alpha value is -3.43. The molecule has 1 aliphatic carbocycles. The van der Waals surface area contributed by atoms with E-state index in [2.05, 4.69) is 34.9 Å². The van der Waals surface area contributed by atoms with Gasteiger partial charge in [0.2, 0.25) is 5.91 Å². The minimum absolute atomic E-state index is 0.0303. The van der Waals surface area contributed by atoms with Crippen LogP contribution in [0.3, 0.4) is 0 Å². The van der Waals surface area contributed by atoms with Crippen molar-refractivity contribution >= 4 is 18.0 Å². The first-order valence-corrected chi connectivity index (χ1v) is 11.8. The van der Waals surface area contributed by atoms with Gasteiger partial charge in [0.1, 0.15) is 18.6 Å². The van der Waals surface area contributed by atoms with E-state index >= 15 is 0 Å². The molecule has 2 aliphatic heterocycles. The summed E-state index contributed by atoms with van der Waals surface area (Å²) >= 11 is 0. The minimum Gasteiger partial charge on any atom is -0.481 e. The smallest absolute Gasteiger partial charge is 0.407 e. The van der Waals surface area contributed by atoms with Gasteiger partial charge in [0.15, 0.2) is 0 Å². The van der Waals surface area contributed by atoms with Crippen LogP contribution in [0.5, 0.6) is 0 Å². The molecule has 2 heterocycles. The van der Waals surface area contributed by atoms with Crippen LogP contribution in [0.15, 0.2) is 48.5 Å². The number of hydrogen-bond donors (Lipinski definition) is 3. The molecule has 2 amide bonds. The number of nitrogens with one attached hydrogen (secondary N) is 2. The van der Waals surface area contributed by atoms with E-state index in [1.165, 1.54) is 0 Å². The molecule has 9 nitrogen and oxygen atoms in total. The lowest BCUT2D eigenvalue weighted by Gasteiger charge is -2.22. The highest BCUT2D eigenvalue weighted by molar-refractivity contribution is 5.83. The molecular weight excluding hydrogens is 452 g/mol. The molecule has 9 heteroatoms. The van der Waals surface area contributed by atoms with Gasteiger partial charge in [-0.15, -0.1) is 0 Å². The third kappa shape index (κ3) is 4.74. The number of carbonyl (C=O) groups is 3. The molecule has 2 aromatic rings. The number of carboxylic acids is 1. The van der Waals surface area contributed by atoms with Crippen LogP contribution < -0.4 is 10.6 Å². The molecule has 3 N–H and O–H groups in total. The summed E-state index contributed by atoms with van der Waals surface area (Å²) in [5.74, 6) is -2.44. The molecule has 0 spiro atoms. The number of alkyl carbamates (subject to hydrolysis) is 1. The zero-order valence-electron chi connectivity index (χ0n) is 19.1. The number of carbonyl (C=O) groups excluding carboxylic acids is 2. The van der Waals surface area contributed by atoms with Crippen LogP contribution in [0.4, 0.5) is 4.79 Å². The molecule has 5 rings (SSSR count). The van der Waals surface area contributed by atoms with E-state index in [4.69, 9.17) is 14.2 Å². The molecule has 0 saturated carbocycles. The monoisotopic (exact) mass is 480 g/mol. The first kappa shape index (κ1) is 23.3. The molecule has 0 radical (unpaired) electrons. The van der Waals surface area contributed by atoms with Gasteiger partial charge in [-0.1, -0.05) is 48.5 Å². The quantitative estimate of drug-likeness (QED) is 0.555. The zero-order chi connectivity index (χ0) is 24.4. The van der Waals surface area contributed by atoms with Gasteiger partial charge in [-0.05, 0) is 28.7 Å². The van der Waals surface area contributed by atoms with Crippen LogP contribution in [0.25, 0.3) is 11.1 Å². The maximum atomic E-state index is 12.7. The summed E-state index contributed by atoms with van der Waals surface area (Å²) in [5.41, 5.74) is 4.59. The Bertz CT molecular complexity index is 1070. The van der Waals surface area contributed by atoms with Crippen molar-refractivity contribution in [1.29, 1.82) is 0 Å². The first-order chi connectivity index (χ1) is 17.0. The molecule has 35 heavy (non-hydrogen) atoms. The second-order valence-electron chi connectivity index (χ2n) is 9.14. The van der Waals surface area contributed by atoms with E-state index in [1.807, 2.05) is 24.3 Å². The molecule has 2 aromatic carbocycles. The number of fused-ring (bicyclic) bond motifs is 3. The fourth-order valence-electron chi connectivity index (χ4n) is 5.20. The summed E-state index contributed by atoms with van der Waals surface area (Å²) in [7, 11) is 0. The third-order valence-corrected chi connectivity index (χ3v) is 7.05. The van der Waals surface area contributed by atoms with Gasteiger partial charge in [-0.2, -0.15) is 0 Å². The van der Waals surface area contributed by atoms with Gasteiger partial charge >= 0.3 is 12.1 Å². The van der Waals surface area contributed by atoms with Crippen LogP contribution in [0.2, 0.25) is 0 Å². The van der Waals surface area contributed by atoms with E-state index in [1.54, 1.807) is 0 Å². The minimum atomic E-state index is -1.01. The molecular formula is C26H28N2O7. The van der Waals surface area contributed by atoms with E-state index in [9.17, 15) is 19.5 Å². The van der Waals surface area contributed by atoms with Gasteiger partial charge < -0.3 is 30.0 Å². The van der Waals surface area contributed by atoms with Crippen molar-refractivity contribution < 1.29 is 33.7 Å². The number of amides is 2. The second-order valence-corrected chi connectivity index (χ2v) is 9.14. The Morgan fingerprint density at radius 3 is 2.37 bits per heavy atom. The number of rotatable bonds is 7. The summed E-state index contributed by atoms with van der Waals surface area (Å²) < 4.78 is 16.4. The highest BCUT2D eigenvalue weighted by Crippen LogP contribution is 2.44. The van der Waals surface area contributed by atoms with Crippen LogP contribution >= 0.6 is 0 Å². The lowest BCUT2D eigenvalue weighted by Crippen LogP contribution is -2.49. The van der Waals surface area contributed by atoms with Gasteiger partial charge in [-0.25, -0.2) is 4.79 Å². The largest absolute Gasteiger partial charge is 0.481 e. The maximum absolute atomic E-state index is 12.7. The number of carboxylic acid groups (broad SMARTS) is 1. The summed E-state index contributed by atoms with van der Waals surface area (Å²) in [4.78, 5) is 36.6. The summed E-state index contributed by atoms with van der Waals surface area (Å²) in [6.45, 7) is 1.04. The highest BCUT2D eigenvalue weighted by atomic mass is 16.5. The van der Waals surface area contributed by atoms with E-state index in [0.717, 1.165) is 22.3 Å². The standard InChI is InChI=1S/C26H28N2O7/c29-24(28-22-14-33-12-21(22)25(30)31)23-15(9-10-34-23)11-27-26(32)35-13-20-18-7-3-1-5-16(18)17-6-2-4-8-19(17)20/h1-8,15,20-23H,9-14H2,(H,27,32)(H,28,29)(H,30,31)/t15-,21?,22?,23-/m1/s1. The van der Waals surface area contributed by atoms with Crippen molar-refractivity contribution in [2.75, 3.05) is 33.0 Å². The topological polar surface area (TPSA) is 123 Å². The van der Waals surface area contributed by atoms with Crippen LogP contribution in [0, 0.1) is 11.8 Å². The van der Waals surface area contributed by atoms with Crippen molar-refractivity contribution in [3.63, 3.8) is 0 Å². The van der Waals surface area contributed by atoms with Crippen molar-refractivity contribution in [3.8, 4) is 11.1 Å². The average Bonchev–Trinajstić information content (AvgIpc) is 3.59. The molecule has 2 fully saturated rings. The Morgan fingerprint density at radius 1 is 1.00 bits per heavy atom. The number of ether oxygens (including phenoxy) is 3. The Labute approximate surface area is 202 Å². The highest BCUT2D eigenvalue weighted by Gasteiger charge is 2.40. The number of aliphatic carboxylic acids is 1. The maximum Gasteiger partial charge on any atom is 0.407 e. The predicted molar refractivity (Wildman–Crippen MR) is 125 cm³/mol. The van der Waals surface area contributed by atoms with Crippen LogP contribution in [0.1, 0.15) is 23.5 Å². The lowest BCUT2D eigenvalue weighted by molar-refractivity contribution is -0.142. The summed E-state index contributed by atoms with van der Waals surface area (Å²) in [6, 6.07) is 15.7. The Kier molecular flexibility index (Phi) is 6.70. The van der Waals surface area contributed by atoms with Gasteiger partial charge in [0, 0.05) is 25.0 Å². The normalized spacial score (nSPS) is 25.0. The molecule has 4 atom stereocenters. The van der Waals surface area contributed by atoms with Crippen LogP contribution in [-0.2, 0) is 23.8 Å². The third-order valence-electron chi connectivity index (χ3n) is 7.05. The number of hydrogen-bond acceptors (Lipinski definition) is 6. The van der Waals surface area contributed by atoms with E-state index < -0.39 is 30.1 Å². The first-order valence-electron chi connectivity index (χ1n) is 11.8. The van der Waals surface area contributed by atoms with Gasteiger partial charge in [-0.3, -0.25) is 9.59 Å². The van der Waals surface area contributed by atoms with Gasteiger partial charge in [0.25, 0.3) is 0 Å². The molecule has 3 aliphatic rings. The number of benzene rings is 2. The predicted octanol–water partition coefficient (Wildman–Crippen LogP) is 2.15. The average molecular weight is 481 g/mol. The zero-order valence-corrected chi connectivity index (χ0v) is 19.1. The van der Waals surface area contributed by atoms with Crippen LogP contribution in [-0.4, -0.2) is 68.2 Å². The molecule has 0 bridgehead atoms. The van der Waals surface area contributed by atoms with Crippen molar-refractivity contribution in [3.05, 3.63) is 59.7 Å². The van der Waals surface area contributed by atoms with Crippen molar-refractivity contribution in [1.82, 2.24) is 10.6 Å². The Balaban J connectivity index is 1.14. The van der Waals surface area contributed by atoms with Crippen molar-refractivity contribution in [2.24, 2.45) is 11.8 Å². The molecule has 0 aromatic heterocycles. The second kappa shape index (κ2) is 10.1. The fraction of sp³-hybridized carbons (Fsp3) is 0.423. The van der Waals surface area contributed by atoms with Crippen molar-refractivity contribution in [2.45, 2.75) is 24.5 Å². The molecule has 2 saturated heterocycles.